The van der Waals surface area contributed by atoms with Crippen molar-refractivity contribution in [2.24, 2.45) is 5.92 Å². The third kappa shape index (κ3) is 1.97. The van der Waals surface area contributed by atoms with Gasteiger partial charge in [0.15, 0.2) is 0 Å². The standard InChI is InChI=1S/C15H22N2O/c1-11-15(12-7-9-17(11)10-8-12)16-13-5-3-4-6-14(13)18-2/h3-6,11-12,15-16H,7-10H2,1-2H3/t11-,15+/m0/s1. The lowest BCUT2D eigenvalue weighted by Crippen LogP contribution is -2.59. The minimum Gasteiger partial charge on any atom is -0.495 e. The first-order chi connectivity index (χ1) is 8.79. The van der Waals surface area contributed by atoms with Gasteiger partial charge in [-0.05, 0) is 50.9 Å². The molecule has 1 N–H and O–H groups in total. The molecule has 2 atom stereocenters. The summed E-state index contributed by atoms with van der Waals surface area (Å²) in [5.41, 5.74) is 1.13. The maximum absolute atomic E-state index is 5.43. The van der Waals surface area contributed by atoms with Gasteiger partial charge in [-0.25, -0.2) is 0 Å². The Morgan fingerprint density at radius 1 is 1.22 bits per heavy atom. The van der Waals surface area contributed by atoms with E-state index < -0.39 is 0 Å². The zero-order valence-corrected chi connectivity index (χ0v) is 11.2. The molecular formula is C15H22N2O. The number of para-hydroxylation sites is 2. The minimum absolute atomic E-state index is 0.559. The van der Waals surface area contributed by atoms with E-state index in [1.54, 1.807) is 7.11 Å². The van der Waals surface area contributed by atoms with Crippen molar-refractivity contribution in [2.45, 2.75) is 31.8 Å². The van der Waals surface area contributed by atoms with Crippen LogP contribution in [0.5, 0.6) is 5.75 Å². The van der Waals surface area contributed by atoms with Gasteiger partial charge in [0.2, 0.25) is 0 Å². The van der Waals surface area contributed by atoms with E-state index in [-0.39, 0.29) is 0 Å². The fourth-order valence-electron chi connectivity index (χ4n) is 3.49. The molecule has 3 nitrogen and oxygen atoms in total. The molecule has 3 heteroatoms. The van der Waals surface area contributed by atoms with Gasteiger partial charge >= 0.3 is 0 Å². The molecule has 0 amide bonds. The number of piperidine rings is 3. The summed E-state index contributed by atoms with van der Waals surface area (Å²) in [6.45, 7) is 4.89. The number of nitrogens with zero attached hydrogens (tertiary/aromatic N) is 1. The summed E-state index contributed by atoms with van der Waals surface area (Å²) < 4.78 is 5.43. The summed E-state index contributed by atoms with van der Waals surface area (Å²) in [6.07, 6.45) is 2.66. The molecule has 0 radical (unpaired) electrons. The maximum atomic E-state index is 5.43. The van der Waals surface area contributed by atoms with E-state index in [0.29, 0.717) is 12.1 Å². The third-order valence-corrected chi connectivity index (χ3v) is 4.61. The molecule has 1 aromatic carbocycles. The number of hydrogen-bond acceptors (Lipinski definition) is 3. The Bertz CT molecular complexity index is 411. The van der Waals surface area contributed by atoms with E-state index in [1.807, 2.05) is 12.1 Å². The van der Waals surface area contributed by atoms with Crippen molar-refractivity contribution < 1.29 is 4.74 Å². The van der Waals surface area contributed by atoms with E-state index in [1.165, 1.54) is 25.9 Å². The number of methoxy groups -OCH3 is 1. The number of fused-ring (bicyclic) bond motifs is 3. The molecule has 3 saturated heterocycles. The molecule has 3 fully saturated rings. The number of ether oxygens (including phenoxy) is 1. The van der Waals surface area contributed by atoms with Gasteiger partial charge in [-0.2, -0.15) is 0 Å². The van der Waals surface area contributed by atoms with Gasteiger partial charge < -0.3 is 10.1 Å². The summed E-state index contributed by atoms with van der Waals surface area (Å²) >= 11 is 0. The Morgan fingerprint density at radius 2 is 1.94 bits per heavy atom. The van der Waals surface area contributed by atoms with E-state index in [4.69, 9.17) is 4.74 Å². The topological polar surface area (TPSA) is 24.5 Å². The molecule has 2 bridgehead atoms. The molecule has 3 heterocycles. The highest BCUT2D eigenvalue weighted by molar-refractivity contribution is 5.57. The largest absolute Gasteiger partial charge is 0.495 e. The van der Waals surface area contributed by atoms with E-state index >= 15 is 0 Å². The zero-order valence-electron chi connectivity index (χ0n) is 11.2. The van der Waals surface area contributed by atoms with Crippen LogP contribution < -0.4 is 10.1 Å². The summed E-state index contributed by atoms with van der Waals surface area (Å²) in [6, 6.07) is 9.41. The number of hydrogen-bond donors (Lipinski definition) is 1. The van der Waals surface area contributed by atoms with E-state index in [2.05, 4.69) is 29.3 Å². The summed E-state index contributed by atoms with van der Waals surface area (Å²) in [5, 5.41) is 3.71. The SMILES string of the molecule is COc1ccccc1N[C@H]1C2CCN(CC2)[C@H]1C. The highest BCUT2D eigenvalue weighted by Crippen LogP contribution is 2.35. The van der Waals surface area contributed by atoms with Gasteiger partial charge in [0.05, 0.1) is 12.8 Å². The van der Waals surface area contributed by atoms with Crippen LogP contribution in [0.1, 0.15) is 19.8 Å². The first-order valence-electron chi connectivity index (χ1n) is 6.93. The van der Waals surface area contributed by atoms with Crippen LogP contribution in [0.2, 0.25) is 0 Å². The number of nitrogens with one attached hydrogen (secondary N) is 1. The predicted octanol–water partition coefficient (Wildman–Crippen LogP) is 2.59. The van der Waals surface area contributed by atoms with Gasteiger partial charge in [0, 0.05) is 12.1 Å². The maximum Gasteiger partial charge on any atom is 0.141 e. The average Bonchev–Trinajstić information content (AvgIpc) is 2.44. The van der Waals surface area contributed by atoms with Crippen molar-refractivity contribution in [3.05, 3.63) is 24.3 Å². The van der Waals surface area contributed by atoms with Gasteiger partial charge in [-0.1, -0.05) is 12.1 Å². The minimum atomic E-state index is 0.559. The Kier molecular flexibility index (Phi) is 3.16. The highest BCUT2D eigenvalue weighted by Gasteiger charge is 2.39. The van der Waals surface area contributed by atoms with Crippen LogP contribution in [-0.4, -0.2) is 37.2 Å². The lowest BCUT2D eigenvalue weighted by molar-refractivity contribution is 0.0458. The zero-order chi connectivity index (χ0) is 12.5. The van der Waals surface area contributed by atoms with Crippen LogP contribution in [0.3, 0.4) is 0 Å². The highest BCUT2D eigenvalue weighted by atomic mass is 16.5. The quantitative estimate of drug-likeness (QED) is 0.887. The molecule has 0 spiro atoms. The smallest absolute Gasteiger partial charge is 0.141 e. The molecule has 18 heavy (non-hydrogen) atoms. The second kappa shape index (κ2) is 4.81. The summed E-state index contributed by atoms with van der Waals surface area (Å²) in [7, 11) is 1.74. The van der Waals surface area contributed by atoms with Crippen molar-refractivity contribution in [2.75, 3.05) is 25.5 Å². The fourth-order valence-corrected chi connectivity index (χ4v) is 3.49. The predicted molar refractivity (Wildman–Crippen MR) is 74.2 cm³/mol. The first kappa shape index (κ1) is 11.8. The molecule has 4 rings (SSSR count). The molecule has 1 aromatic rings. The van der Waals surface area contributed by atoms with Gasteiger partial charge in [0.25, 0.3) is 0 Å². The van der Waals surface area contributed by atoms with Crippen LogP contribution >= 0.6 is 0 Å². The van der Waals surface area contributed by atoms with Crippen LogP contribution in [0, 0.1) is 5.92 Å². The third-order valence-electron chi connectivity index (χ3n) is 4.61. The van der Waals surface area contributed by atoms with Crippen LogP contribution in [0.4, 0.5) is 5.69 Å². The van der Waals surface area contributed by atoms with Crippen molar-refractivity contribution in [1.29, 1.82) is 0 Å². The molecule has 98 valence electrons. The van der Waals surface area contributed by atoms with Crippen LogP contribution in [0.25, 0.3) is 0 Å². The Hall–Kier alpha value is -1.22. The average molecular weight is 246 g/mol. The molecule has 0 unspecified atom stereocenters. The van der Waals surface area contributed by atoms with Crippen molar-refractivity contribution in [3.63, 3.8) is 0 Å². The van der Waals surface area contributed by atoms with Crippen molar-refractivity contribution in [3.8, 4) is 5.75 Å². The number of benzene rings is 1. The normalized spacial score (nSPS) is 34.3. The molecule has 3 aliphatic heterocycles. The lowest BCUT2D eigenvalue weighted by Gasteiger charge is -2.50. The first-order valence-corrected chi connectivity index (χ1v) is 6.93. The van der Waals surface area contributed by atoms with Gasteiger partial charge in [-0.15, -0.1) is 0 Å². The summed E-state index contributed by atoms with van der Waals surface area (Å²) in [5.74, 6) is 1.76. The molecule has 0 saturated carbocycles. The Labute approximate surface area is 109 Å². The van der Waals surface area contributed by atoms with Gasteiger partial charge in [0.1, 0.15) is 5.75 Å². The van der Waals surface area contributed by atoms with Crippen molar-refractivity contribution >= 4 is 5.69 Å². The second-order valence-electron chi connectivity index (χ2n) is 5.48. The second-order valence-corrected chi connectivity index (χ2v) is 5.48. The molecular weight excluding hydrogens is 224 g/mol. The number of rotatable bonds is 3. The molecule has 3 aliphatic rings. The van der Waals surface area contributed by atoms with E-state index in [9.17, 15) is 0 Å². The van der Waals surface area contributed by atoms with E-state index in [0.717, 1.165) is 17.4 Å². The van der Waals surface area contributed by atoms with Crippen LogP contribution in [-0.2, 0) is 0 Å². The van der Waals surface area contributed by atoms with Crippen LogP contribution in [0.15, 0.2) is 24.3 Å². The summed E-state index contributed by atoms with van der Waals surface area (Å²) in [4.78, 5) is 2.60. The Balaban J connectivity index is 1.79. The van der Waals surface area contributed by atoms with Crippen molar-refractivity contribution in [1.82, 2.24) is 4.90 Å². The monoisotopic (exact) mass is 246 g/mol. The molecule has 0 aromatic heterocycles. The lowest BCUT2D eigenvalue weighted by atomic mass is 9.79. The Morgan fingerprint density at radius 3 is 2.61 bits per heavy atom. The molecule has 0 aliphatic carbocycles. The number of anilines is 1. The van der Waals surface area contributed by atoms with Gasteiger partial charge in [-0.3, -0.25) is 4.90 Å². The fraction of sp³-hybridized carbons (Fsp3) is 0.600.